The summed E-state index contributed by atoms with van der Waals surface area (Å²) in [5.74, 6) is -1.21. The zero-order chi connectivity index (χ0) is 17.0. The predicted octanol–water partition coefficient (Wildman–Crippen LogP) is 1.67. The molecule has 0 saturated carbocycles. The third kappa shape index (κ3) is 4.54. The minimum absolute atomic E-state index is 0.0139. The van der Waals surface area contributed by atoms with Crippen LogP contribution in [0, 0.1) is 6.92 Å². The summed E-state index contributed by atoms with van der Waals surface area (Å²) in [7, 11) is -3.93. The molecule has 0 aromatic heterocycles. The van der Waals surface area contributed by atoms with Crippen molar-refractivity contribution in [2.24, 2.45) is 0 Å². The van der Waals surface area contributed by atoms with Gasteiger partial charge in [0.05, 0.1) is 4.90 Å². The number of hydrogen-bond acceptors (Lipinski definition) is 4. The lowest BCUT2D eigenvalue weighted by Gasteiger charge is -2.15. The Bertz CT molecular complexity index is 782. The average Bonchev–Trinajstić information content (AvgIpc) is 2.49. The van der Waals surface area contributed by atoms with E-state index >= 15 is 0 Å². The minimum atomic E-state index is -3.93. The fourth-order valence-electron chi connectivity index (χ4n) is 2.02. The highest BCUT2D eigenvalue weighted by molar-refractivity contribution is 7.89. The number of carbonyl (C=O) groups is 1. The van der Waals surface area contributed by atoms with E-state index in [2.05, 4.69) is 4.72 Å². The van der Waals surface area contributed by atoms with Crippen LogP contribution in [0.15, 0.2) is 53.4 Å². The van der Waals surface area contributed by atoms with E-state index in [9.17, 15) is 23.4 Å². The van der Waals surface area contributed by atoms with Crippen molar-refractivity contribution in [1.82, 2.24) is 4.72 Å². The molecule has 0 heterocycles. The predicted molar refractivity (Wildman–Crippen MR) is 84.7 cm³/mol. The second-order valence-electron chi connectivity index (χ2n) is 5.20. The SMILES string of the molecule is Cc1ccc(S(=O)(=O)N[C@@H](Cc2ccc(O)cc2)C(=O)O)cc1. The van der Waals surface area contributed by atoms with E-state index < -0.39 is 22.0 Å². The third-order valence-corrected chi connectivity index (χ3v) is 4.79. The van der Waals surface area contributed by atoms with Crippen molar-refractivity contribution < 1.29 is 23.4 Å². The topological polar surface area (TPSA) is 104 Å². The molecule has 0 saturated heterocycles. The van der Waals surface area contributed by atoms with Gasteiger partial charge in [-0.15, -0.1) is 0 Å². The number of hydrogen-bond donors (Lipinski definition) is 3. The number of carboxylic acids is 1. The van der Waals surface area contributed by atoms with Crippen molar-refractivity contribution in [1.29, 1.82) is 0 Å². The fraction of sp³-hybridized carbons (Fsp3) is 0.188. The van der Waals surface area contributed by atoms with Crippen molar-refractivity contribution in [3.8, 4) is 5.75 Å². The first-order chi connectivity index (χ1) is 10.8. The summed E-state index contributed by atoms with van der Waals surface area (Å²) >= 11 is 0. The second kappa shape index (κ2) is 6.80. The summed E-state index contributed by atoms with van der Waals surface area (Å²) in [5, 5.41) is 18.5. The Morgan fingerprint density at radius 3 is 2.17 bits per heavy atom. The number of aromatic hydroxyl groups is 1. The van der Waals surface area contributed by atoms with Crippen LogP contribution in [-0.2, 0) is 21.2 Å². The Hall–Kier alpha value is -2.38. The van der Waals surface area contributed by atoms with Gasteiger partial charge in [0, 0.05) is 0 Å². The standard InChI is InChI=1S/C16H17NO5S/c1-11-2-8-14(9-3-11)23(21,22)17-15(16(19)20)10-12-4-6-13(18)7-5-12/h2-9,15,17-18H,10H2,1H3,(H,19,20)/t15-/m0/s1. The maximum atomic E-state index is 12.3. The van der Waals surface area contributed by atoms with Crippen LogP contribution in [0.4, 0.5) is 0 Å². The highest BCUT2D eigenvalue weighted by Gasteiger charge is 2.25. The molecule has 6 nitrogen and oxygen atoms in total. The van der Waals surface area contributed by atoms with Crippen molar-refractivity contribution in [3.05, 3.63) is 59.7 Å². The number of nitrogens with one attached hydrogen (secondary N) is 1. The molecule has 0 aliphatic heterocycles. The quantitative estimate of drug-likeness (QED) is 0.745. The van der Waals surface area contributed by atoms with Crippen LogP contribution in [0.2, 0.25) is 0 Å². The summed E-state index contributed by atoms with van der Waals surface area (Å²) in [5.41, 5.74) is 1.50. The molecule has 3 N–H and O–H groups in total. The molecule has 0 aliphatic rings. The van der Waals surface area contributed by atoms with Crippen LogP contribution in [0.5, 0.6) is 5.75 Å². The van der Waals surface area contributed by atoms with Crippen molar-refractivity contribution in [3.63, 3.8) is 0 Å². The van der Waals surface area contributed by atoms with Crippen LogP contribution in [-0.4, -0.2) is 30.6 Å². The highest BCUT2D eigenvalue weighted by Crippen LogP contribution is 2.14. The van der Waals surface area contributed by atoms with Gasteiger partial charge in [0.25, 0.3) is 0 Å². The molecule has 0 fully saturated rings. The number of sulfonamides is 1. The lowest BCUT2D eigenvalue weighted by atomic mass is 10.1. The van der Waals surface area contributed by atoms with Crippen LogP contribution in [0.25, 0.3) is 0 Å². The normalized spacial score (nSPS) is 12.7. The van der Waals surface area contributed by atoms with E-state index in [1.807, 2.05) is 6.92 Å². The number of aliphatic carboxylic acids is 1. The lowest BCUT2D eigenvalue weighted by molar-refractivity contribution is -0.138. The van der Waals surface area contributed by atoms with Gasteiger partial charge < -0.3 is 10.2 Å². The fourth-order valence-corrected chi connectivity index (χ4v) is 3.21. The van der Waals surface area contributed by atoms with Crippen molar-refractivity contribution in [2.45, 2.75) is 24.3 Å². The lowest BCUT2D eigenvalue weighted by Crippen LogP contribution is -2.42. The highest BCUT2D eigenvalue weighted by atomic mass is 32.2. The third-order valence-electron chi connectivity index (χ3n) is 3.30. The smallest absolute Gasteiger partial charge is 0.322 e. The molecule has 2 aromatic carbocycles. The monoisotopic (exact) mass is 335 g/mol. The zero-order valence-electron chi connectivity index (χ0n) is 12.4. The molecular weight excluding hydrogens is 318 g/mol. The minimum Gasteiger partial charge on any atom is -0.508 e. The summed E-state index contributed by atoms with van der Waals surface area (Å²) in [6, 6.07) is 10.8. The molecule has 7 heteroatoms. The Kier molecular flexibility index (Phi) is 5.02. The van der Waals surface area contributed by atoms with Crippen molar-refractivity contribution in [2.75, 3.05) is 0 Å². The molecule has 0 spiro atoms. The molecule has 0 amide bonds. The van der Waals surface area contributed by atoms with Crippen molar-refractivity contribution >= 4 is 16.0 Å². The molecular formula is C16H17NO5S. The number of aryl methyl sites for hydroxylation is 1. The zero-order valence-corrected chi connectivity index (χ0v) is 13.2. The molecule has 0 bridgehead atoms. The van der Waals surface area contributed by atoms with Crippen LogP contribution >= 0.6 is 0 Å². The van der Waals surface area contributed by atoms with Gasteiger partial charge >= 0.3 is 5.97 Å². The summed E-state index contributed by atoms with van der Waals surface area (Å²) in [4.78, 5) is 11.4. The molecule has 23 heavy (non-hydrogen) atoms. The maximum absolute atomic E-state index is 12.3. The molecule has 1 atom stereocenters. The first-order valence-electron chi connectivity index (χ1n) is 6.87. The van der Waals surface area contributed by atoms with Crippen LogP contribution < -0.4 is 4.72 Å². The van der Waals surface area contributed by atoms with Crippen LogP contribution in [0.1, 0.15) is 11.1 Å². The number of rotatable bonds is 6. The number of benzene rings is 2. The van der Waals surface area contributed by atoms with Gasteiger partial charge in [-0.1, -0.05) is 29.8 Å². The van der Waals surface area contributed by atoms with E-state index in [1.54, 1.807) is 24.3 Å². The van der Waals surface area contributed by atoms with Gasteiger partial charge in [-0.25, -0.2) is 8.42 Å². The van der Waals surface area contributed by atoms with Gasteiger partial charge in [-0.05, 0) is 43.2 Å². The Morgan fingerprint density at radius 2 is 1.65 bits per heavy atom. The van der Waals surface area contributed by atoms with E-state index in [0.29, 0.717) is 5.56 Å². The van der Waals surface area contributed by atoms with E-state index in [1.165, 1.54) is 24.3 Å². The molecule has 122 valence electrons. The van der Waals surface area contributed by atoms with Gasteiger partial charge in [-0.2, -0.15) is 4.72 Å². The molecule has 0 unspecified atom stereocenters. The average molecular weight is 335 g/mol. The Balaban J connectivity index is 2.20. The van der Waals surface area contributed by atoms with E-state index in [-0.39, 0.29) is 17.1 Å². The summed E-state index contributed by atoms with van der Waals surface area (Å²) in [6.07, 6.45) is -0.0271. The Morgan fingerprint density at radius 1 is 1.09 bits per heavy atom. The largest absolute Gasteiger partial charge is 0.508 e. The number of phenolic OH excluding ortho intramolecular Hbond substituents is 1. The molecule has 0 aliphatic carbocycles. The van der Waals surface area contributed by atoms with Gasteiger partial charge in [0.15, 0.2) is 0 Å². The van der Waals surface area contributed by atoms with Gasteiger partial charge in [-0.3, -0.25) is 4.79 Å². The summed E-state index contributed by atoms with van der Waals surface area (Å²) in [6.45, 7) is 1.83. The second-order valence-corrected chi connectivity index (χ2v) is 6.91. The molecule has 0 radical (unpaired) electrons. The van der Waals surface area contributed by atoms with Gasteiger partial charge in [0.2, 0.25) is 10.0 Å². The number of carboxylic acid groups (broad SMARTS) is 1. The van der Waals surface area contributed by atoms with Crippen LogP contribution in [0.3, 0.4) is 0 Å². The first kappa shape index (κ1) is 17.0. The maximum Gasteiger partial charge on any atom is 0.322 e. The first-order valence-corrected chi connectivity index (χ1v) is 8.36. The number of phenols is 1. The summed E-state index contributed by atoms with van der Waals surface area (Å²) < 4.78 is 26.8. The van der Waals surface area contributed by atoms with Gasteiger partial charge in [0.1, 0.15) is 11.8 Å². The van der Waals surface area contributed by atoms with E-state index in [0.717, 1.165) is 5.56 Å². The van der Waals surface area contributed by atoms with E-state index in [4.69, 9.17) is 0 Å². The Labute approximate surface area is 134 Å². The molecule has 2 rings (SSSR count). The molecule has 2 aromatic rings.